The van der Waals surface area contributed by atoms with Crippen LogP contribution < -0.4 is 5.32 Å². The molecule has 2 rings (SSSR count). The highest BCUT2D eigenvalue weighted by atomic mass is 35.5. The third-order valence-corrected chi connectivity index (χ3v) is 4.73. The molecule has 1 heterocycles. The highest BCUT2D eigenvalue weighted by Crippen LogP contribution is 2.31. The normalized spacial score (nSPS) is 16.0. The lowest BCUT2D eigenvalue weighted by atomic mass is 10.3. The minimum atomic E-state index is -3.80. The topological polar surface area (TPSA) is 84.8 Å². The number of amidine groups is 1. The molecular weight excluding hydrogens is 312 g/mol. The van der Waals surface area contributed by atoms with Gasteiger partial charge in [0.05, 0.1) is 18.6 Å². The average molecular weight is 321 g/mol. The number of carbonyl (C=O) groups excluding carboxylic acids is 1. The first-order chi connectivity index (χ1) is 8.92. The van der Waals surface area contributed by atoms with E-state index in [4.69, 9.17) is 11.6 Å². The molecule has 0 saturated heterocycles. The maximum atomic E-state index is 11.9. The Bertz CT molecular complexity index is 657. The maximum absolute atomic E-state index is 11.9. The van der Waals surface area contributed by atoms with Gasteiger partial charge in [-0.25, -0.2) is 0 Å². The Kier molecular flexibility index (Phi) is 4.02. The van der Waals surface area contributed by atoms with Crippen molar-refractivity contribution in [1.82, 2.24) is 0 Å². The van der Waals surface area contributed by atoms with Gasteiger partial charge >= 0.3 is 5.97 Å². The second-order valence-electron chi connectivity index (χ2n) is 3.50. The number of benzene rings is 1. The van der Waals surface area contributed by atoms with Crippen molar-refractivity contribution in [2.45, 2.75) is 4.90 Å². The zero-order valence-corrected chi connectivity index (χ0v) is 12.1. The van der Waals surface area contributed by atoms with E-state index < -0.39 is 16.0 Å². The molecule has 19 heavy (non-hydrogen) atoms. The lowest BCUT2D eigenvalue weighted by Gasteiger charge is -2.17. The summed E-state index contributed by atoms with van der Waals surface area (Å²) >= 11 is 6.71. The van der Waals surface area contributed by atoms with Gasteiger partial charge in [-0.15, -0.1) is 4.40 Å². The second-order valence-corrected chi connectivity index (χ2v) is 6.47. The van der Waals surface area contributed by atoms with Gasteiger partial charge in [-0.1, -0.05) is 23.4 Å². The van der Waals surface area contributed by atoms with Crippen molar-refractivity contribution in [2.75, 3.05) is 18.2 Å². The molecular formula is C10H9ClN2O4S2. The molecule has 1 aliphatic heterocycles. The number of ether oxygens (including phenoxy) is 1. The first-order valence-electron chi connectivity index (χ1n) is 5.03. The number of methoxy groups -OCH3 is 1. The van der Waals surface area contributed by atoms with E-state index in [2.05, 4.69) is 14.5 Å². The Balaban J connectivity index is 2.27. The smallest absolute Gasteiger partial charge is 0.316 e. The van der Waals surface area contributed by atoms with Gasteiger partial charge in [-0.05, 0) is 18.2 Å². The van der Waals surface area contributed by atoms with Crippen LogP contribution in [0.5, 0.6) is 0 Å². The molecule has 0 fully saturated rings. The van der Waals surface area contributed by atoms with Crippen molar-refractivity contribution in [3.05, 3.63) is 23.2 Å². The van der Waals surface area contributed by atoms with Crippen molar-refractivity contribution >= 4 is 50.2 Å². The number of hydrogen-bond donors (Lipinski definition) is 1. The Hall–Kier alpha value is -1.25. The number of rotatable bonds is 2. The summed E-state index contributed by atoms with van der Waals surface area (Å²) < 4.78 is 31.9. The molecule has 0 saturated carbocycles. The standard InChI is InChI=1S/C10H9ClN2O4S2/c1-17-9(14)5-18-10-12-7-3-2-6(11)4-8(7)19(15,16)13-10/h2-4H,5H2,1H3,(H,12,13). The Morgan fingerprint density at radius 1 is 1.53 bits per heavy atom. The highest BCUT2D eigenvalue weighted by Gasteiger charge is 2.25. The summed E-state index contributed by atoms with van der Waals surface area (Å²) in [5.74, 6) is -0.491. The van der Waals surface area contributed by atoms with Crippen molar-refractivity contribution in [3.8, 4) is 0 Å². The van der Waals surface area contributed by atoms with E-state index in [1.165, 1.54) is 13.2 Å². The van der Waals surface area contributed by atoms with Crippen LogP contribution in [-0.4, -0.2) is 32.4 Å². The molecule has 102 valence electrons. The van der Waals surface area contributed by atoms with Gasteiger partial charge in [-0.3, -0.25) is 4.79 Å². The number of fused-ring (bicyclic) bond motifs is 1. The number of sulfonamides is 1. The van der Waals surface area contributed by atoms with E-state index >= 15 is 0 Å². The van der Waals surface area contributed by atoms with Gasteiger partial charge < -0.3 is 10.1 Å². The largest absolute Gasteiger partial charge is 0.468 e. The van der Waals surface area contributed by atoms with Gasteiger partial charge in [0, 0.05) is 5.02 Å². The molecule has 0 bridgehead atoms. The summed E-state index contributed by atoms with van der Waals surface area (Å²) in [4.78, 5) is 11.0. The fourth-order valence-corrected chi connectivity index (χ4v) is 3.69. The summed E-state index contributed by atoms with van der Waals surface area (Å²) in [6.45, 7) is 0. The molecule has 1 aliphatic rings. The van der Waals surface area contributed by atoms with Crippen LogP contribution in [0.25, 0.3) is 0 Å². The van der Waals surface area contributed by atoms with Crippen LogP contribution in [0.3, 0.4) is 0 Å². The zero-order chi connectivity index (χ0) is 14.0. The van der Waals surface area contributed by atoms with Crippen molar-refractivity contribution in [1.29, 1.82) is 0 Å². The van der Waals surface area contributed by atoms with Gasteiger partial charge in [0.2, 0.25) is 0 Å². The summed E-state index contributed by atoms with van der Waals surface area (Å²) in [6, 6.07) is 4.43. The van der Waals surface area contributed by atoms with E-state index in [-0.39, 0.29) is 15.8 Å². The van der Waals surface area contributed by atoms with Crippen LogP contribution in [0.2, 0.25) is 5.02 Å². The molecule has 0 amide bonds. The summed E-state index contributed by atoms with van der Waals surface area (Å²) in [5.41, 5.74) is 0.381. The number of nitrogens with one attached hydrogen (secondary N) is 1. The second kappa shape index (κ2) is 5.40. The molecule has 0 atom stereocenters. The molecule has 0 aliphatic carbocycles. The van der Waals surface area contributed by atoms with Crippen molar-refractivity contribution in [3.63, 3.8) is 0 Å². The van der Waals surface area contributed by atoms with Gasteiger partial charge in [0.25, 0.3) is 10.0 Å². The zero-order valence-electron chi connectivity index (χ0n) is 9.71. The Morgan fingerprint density at radius 2 is 2.26 bits per heavy atom. The number of carbonyl (C=O) groups is 1. The van der Waals surface area contributed by atoms with Gasteiger partial charge in [-0.2, -0.15) is 8.42 Å². The van der Waals surface area contributed by atoms with Crippen LogP contribution in [0.15, 0.2) is 27.5 Å². The molecule has 0 aromatic heterocycles. The number of nitrogens with zero attached hydrogens (tertiary/aromatic N) is 1. The fraction of sp³-hybridized carbons (Fsp3) is 0.200. The molecule has 0 unspecified atom stereocenters. The van der Waals surface area contributed by atoms with Crippen molar-refractivity contribution < 1.29 is 17.9 Å². The average Bonchev–Trinajstić information content (AvgIpc) is 2.36. The number of thioether (sulfide) groups is 1. The third-order valence-electron chi connectivity index (χ3n) is 2.22. The van der Waals surface area contributed by atoms with Crippen LogP contribution in [-0.2, 0) is 19.6 Å². The molecule has 9 heteroatoms. The molecule has 1 N–H and O–H groups in total. The third kappa shape index (κ3) is 3.20. The van der Waals surface area contributed by atoms with Gasteiger partial charge in [0.1, 0.15) is 4.90 Å². The Labute approximate surface area is 119 Å². The van der Waals surface area contributed by atoms with Crippen LogP contribution in [0, 0.1) is 0 Å². The SMILES string of the molecule is COC(=O)CSC1=NS(=O)(=O)c2cc(Cl)ccc2N1. The lowest BCUT2D eigenvalue weighted by Crippen LogP contribution is -2.20. The molecule has 6 nitrogen and oxygen atoms in total. The van der Waals surface area contributed by atoms with E-state index in [9.17, 15) is 13.2 Å². The first-order valence-corrected chi connectivity index (χ1v) is 7.84. The molecule has 1 aromatic rings. The van der Waals surface area contributed by atoms with E-state index in [1.807, 2.05) is 0 Å². The number of hydrogen-bond acceptors (Lipinski definition) is 6. The quantitative estimate of drug-likeness (QED) is 0.835. The van der Waals surface area contributed by atoms with Crippen LogP contribution in [0.1, 0.15) is 0 Å². The molecule has 0 spiro atoms. The molecule has 1 aromatic carbocycles. The lowest BCUT2D eigenvalue weighted by molar-refractivity contribution is -0.137. The predicted molar refractivity (Wildman–Crippen MR) is 74.2 cm³/mol. The van der Waals surface area contributed by atoms with Gasteiger partial charge in [0.15, 0.2) is 5.17 Å². The predicted octanol–water partition coefficient (Wildman–Crippen LogP) is 1.72. The Morgan fingerprint density at radius 3 is 2.95 bits per heavy atom. The minimum Gasteiger partial charge on any atom is -0.468 e. The summed E-state index contributed by atoms with van der Waals surface area (Å²) in [7, 11) is -2.54. The summed E-state index contributed by atoms with van der Waals surface area (Å²) in [6.07, 6.45) is 0. The van der Waals surface area contributed by atoms with Crippen molar-refractivity contribution in [2.24, 2.45) is 4.40 Å². The summed E-state index contributed by atoms with van der Waals surface area (Å²) in [5, 5.41) is 3.26. The van der Waals surface area contributed by atoms with E-state index in [0.717, 1.165) is 11.8 Å². The number of halogens is 1. The number of esters is 1. The monoisotopic (exact) mass is 320 g/mol. The van der Waals surface area contributed by atoms with E-state index in [0.29, 0.717) is 10.7 Å². The van der Waals surface area contributed by atoms with Crippen LogP contribution in [0.4, 0.5) is 5.69 Å². The maximum Gasteiger partial charge on any atom is 0.316 e. The number of anilines is 1. The minimum absolute atomic E-state index is 0.0161. The van der Waals surface area contributed by atoms with E-state index in [1.54, 1.807) is 12.1 Å². The fourth-order valence-electron chi connectivity index (χ4n) is 1.36. The molecule has 0 radical (unpaired) electrons. The first kappa shape index (κ1) is 14.2. The highest BCUT2D eigenvalue weighted by molar-refractivity contribution is 8.15. The van der Waals surface area contributed by atoms with Crippen LogP contribution >= 0.6 is 23.4 Å².